The Morgan fingerprint density at radius 2 is 0.941 bits per heavy atom. The van der Waals surface area contributed by atoms with E-state index < -0.39 is 34.3 Å². The molecule has 2 aromatic carbocycles. The summed E-state index contributed by atoms with van der Waals surface area (Å²) in [5.74, 6) is -2.25. The normalized spacial score (nSPS) is 17.6. The molecule has 0 amide bonds. The molecule has 0 atom stereocenters. The summed E-state index contributed by atoms with van der Waals surface area (Å²) in [6, 6.07) is 13.2. The average Bonchev–Trinajstić information content (AvgIpc) is 3.18. The Morgan fingerprint density at radius 3 is 1.26 bits per heavy atom. The third-order valence-electron chi connectivity index (χ3n) is 5.37. The zero-order chi connectivity index (χ0) is 25.0. The molecule has 0 unspecified atom stereocenters. The van der Waals surface area contributed by atoms with E-state index in [1.165, 1.54) is 0 Å². The highest BCUT2D eigenvalue weighted by molar-refractivity contribution is 6.27. The van der Waals surface area contributed by atoms with Crippen LogP contribution in [0.15, 0.2) is 59.9 Å². The first-order chi connectivity index (χ1) is 15.8. The predicted molar refractivity (Wildman–Crippen MR) is 125 cm³/mol. The van der Waals surface area contributed by atoms with Gasteiger partial charge in [-0.25, -0.2) is 9.59 Å². The Morgan fingerprint density at radius 1 is 0.618 bits per heavy atom. The van der Waals surface area contributed by atoms with Crippen molar-refractivity contribution in [2.24, 2.45) is 10.8 Å². The molecular weight excluding hydrogens is 436 g/mol. The fourth-order valence-electron chi connectivity index (χ4n) is 3.40. The van der Waals surface area contributed by atoms with E-state index in [-0.39, 0.29) is 22.5 Å². The quantitative estimate of drug-likeness (QED) is 0.597. The summed E-state index contributed by atoms with van der Waals surface area (Å²) in [6.07, 6.45) is 0. The van der Waals surface area contributed by atoms with Crippen LogP contribution >= 0.6 is 0 Å². The third kappa shape index (κ3) is 3.75. The second-order valence-corrected chi connectivity index (χ2v) is 10.2. The van der Waals surface area contributed by atoms with Crippen molar-refractivity contribution in [3.63, 3.8) is 0 Å². The SMILES string of the molecule is CC(C)(C)C(=O)ON1/C(=C2\C(=O)c3ccccc3N2OC(=O)C(C)(C)C)C(=O)c2ccccc21. The number of carbonyl (C=O) groups is 4. The molecule has 0 aliphatic carbocycles. The van der Waals surface area contributed by atoms with E-state index >= 15 is 0 Å². The molecule has 8 heteroatoms. The second-order valence-electron chi connectivity index (χ2n) is 10.2. The zero-order valence-corrected chi connectivity index (χ0v) is 20.0. The largest absolute Gasteiger partial charge is 0.338 e. The minimum Gasteiger partial charge on any atom is -0.335 e. The summed E-state index contributed by atoms with van der Waals surface area (Å²) in [7, 11) is 0. The fraction of sp³-hybridized carbons (Fsp3) is 0.308. The summed E-state index contributed by atoms with van der Waals surface area (Å²) in [6.45, 7) is 10.1. The van der Waals surface area contributed by atoms with Crippen LogP contribution < -0.4 is 10.1 Å². The molecule has 0 aromatic heterocycles. The molecule has 2 aromatic rings. The van der Waals surface area contributed by atoms with Crippen molar-refractivity contribution < 1.29 is 28.9 Å². The lowest BCUT2D eigenvalue weighted by Crippen LogP contribution is -2.37. The van der Waals surface area contributed by atoms with Gasteiger partial charge >= 0.3 is 11.9 Å². The lowest BCUT2D eigenvalue weighted by atomic mass is 9.98. The number of hydrogen-bond acceptors (Lipinski definition) is 8. The van der Waals surface area contributed by atoms with Gasteiger partial charge in [-0.1, -0.05) is 24.3 Å². The van der Waals surface area contributed by atoms with Crippen molar-refractivity contribution in [2.75, 3.05) is 10.1 Å². The van der Waals surface area contributed by atoms with E-state index in [1.54, 1.807) is 90.1 Å². The number of Topliss-reactive ketones (excluding diaryl/α,β-unsaturated/α-hetero) is 2. The number of anilines is 2. The van der Waals surface area contributed by atoms with Crippen LogP contribution in [0.25, 0.3) is 0 Å². The number of hydrogen-bond donors (Lipinski definition) is 0. The van der Waals surface area contributed by atoms with Gasteiger partial charge in [-0.15, -0.1) is 0 Å². The Labute approximate surface area is 197 Å². The number of para-hydroxylation sites is 2. The highest BCUT2D eigenvalue weighted by atomic mass is 16.7. The fourth-order valence-corrected chi connectivity index (χ4v) is 3.40. The number of hydroxylamine groups is 2. The third-order valence-corrected chi connectivity index (χ3v) is 5.37. The highest BCUT2D eigenvalue weighted by Crippen LogP contribution is 2.43. The number of nitrogens with zero attached hydrogens (tertiary/aromatic N) is 2. The Balaban J connectivity index is 1.93. The Bertz CT molecular complexity index is 1170. The molecule has 0 N–H and O–H groups in total. The first-order valence-corrected chi connectivity index (χ1v) is 10.9. The molecule has 2 heterocycles. The van der Waals surface area contributed by atoms with Crippen LogP contribution in [0, 0.1) is 10.8 Å². The molecule has 0 spiro atoms. The van der Waals surface area contributed by atoms with Crippen LogP contribution in [-0.2, 0) is 19.3 Å². The Hall–Kier alpha value is -3.94. The van der Waals surface area contributed by atoms with E-state index in [9.17, 15) is 19.2 Å². The molecule has 0 bridgehead atoms. The van der Waals surface area contributed by atoms with Gasteiger partial charge < -0.3 is 9.68 Å². The number of benzene rings is 2. The number of ketones is 2. The second kappa shape index (κ2) is 7.83. The first-order valence-electron chi connectivity index (χ1n) is 10.9. The van der Waals surface area contributed by atoms with Gasteiger partial charge in [-0.3, -0.25) is 9.59 Å². The molecule has 0 radical (unpaired) electrons. The van der Waals surface area contributed by atoms with Gasteiger partial charge in [0.2, 0.25) is 11.6 Å². The van der Waals surface area contributed by atoms with Gasteiger partial charge in [0, 0.05) is 0 Å². The lowest BCUT2D eigenvalue weighted by Gasteiger charge is -2.28. The smallest absolute Gasteiger partial charge is 0.335 e. The van der Waals surface area contributed by atoms with Crippen molar-refractivity contribution in [1.82, 2.24) is 0 Å². The van der Waals surface area contributed by atoms with E-state index in [4.69, 9.17) is 9.68 Å². The molecule has 34 heavy (non-hydrogen) atoms. The van der Waals surface area contributed by atoms with E-state index in [2.05, 4.69) is 0 Å². The molecule has 0 fully saturated rings. The first kappa shape index (κ1) is 23.2. The number of rotatable bonds is 2. The molecule has 2 aliphatic heterocycles. The molecule has 4 rings (SSSR count). The molecule has 0 saturated carbocycles. The summed E-state index contributed by atoms with van der Waals surface area (Å²) < 4.78 is 0. The Kier molecular flexibility index (Phi) is 5.35. The van der Waals surface area contributed by atoms with E-state index in [0.29, 0.717) is 11.4 Å². The van der Waals surface area contributed by atoms with Crippen molar-refractivity contribution in [3.8, 4) is 0 Å². The van der Waals surface area contributed by atoms with Crippen LogP contribution in [0.1, 0.15) is 62.3 Å². The van der Waals surface area contributed by atoms with Crippen LogP contribution in [0.3, 0.4) is 0 Å². The maximum absolute atomic E-state index is 13.5. The summed E-state index contributed by atoms with van der Waals surface area (Å²) in [5, 5.41) is 2.14. The highest BCUT2D eigenvalue weighted by Gasteiger charge is 2.47. The molecule has 8 nitrogen and oxygen atoms in total. The van der Waals surface area contributed by atoms with Crippen molar-refractivity contribution >= 4 is 34.9 Å². The van der Waals surface area contributed by atoms with Crippen molar-refractivity contribution in [2.45, 2.75) is 41.5 Å². The monoisotopic (exact) mass is 462 g/mol. The van der Waals surface area contributed by atoms with Crippen LogP contribution in [0.2, 0.25) is 0 Å². The van der Waals surface area contributed by atoms with Crippen molar-refractivity contribution in [1.29, 1.82) is 0 Å². The van der Waals surface area contributed by atoms with E-state index in [0.717, 1.165) is 10.1 Å². The molecule has 176 valence electrons. The van der Waals surface area contributed by atoms with Gasteiger partial charge in [0.05, 0.1) is 33.3 Å². The number of allylic oxidation sites excluding steroid dienone is 2. The van der Waals surface area contributed by atoms with Gasteiger partial charge in [0.25, 0.3) is 0 Å². The molecular formula is C26H26N2O6. The van der Waals surface area contributed by atoms with Gasteiger partial charge in [-0.05, 0) is 65.8 Å². The van der Waals surface area contributed by atoms with Crippen molar-refractivity contribution in [3.05, 3.63) is 71.1 Å². The number of fused-ring (bicyclic) bond motifs is 2. The van der Waals surface area contributed by atoms with Crippen LogP contribution in [-0.4, -0.2) is 23.5 Å². The standard InChI is InChI=1S/C26H26N2O6/c1-25(2,3)23(31)33-27-17-13-9-7-11-15(17)21(29)19(27)20-22(30)16-12-8-10-14-18(16)28(20)34-24(32)26(4,5)6/h7-14H,1-6H3/b20-19+. The minimum atomic E-state index is -0.878. The summed E-state index contributed by atoms with van der Waals surface area (Å²) >= 11 is 0. The number of carbonyl (C=O) groups excluding carboxylic acids is 4. The maximum Gasteiger partial charge on any atom is 0.338 e. The topological polar surface area (TPSA) is 93.2 Å². The molecule has 0 saturated heterocycles. The average molecular weight is 463 g/mol. The minimum absolute atomic E-state index is 0.193. The summed E-state index contributed by atoms with van der Waals surface area (Å²) in [4.78, 5) is 64.0. The van der Waals surface area contributed by atoms with Crippen LogP contribution in [0.4, 0.5) is 11.4 Å². The van der Waals surface area contributed by atoms with E-state index in [1.807, 2.05) is 0 Å². The zero-order valence-electron chi connectivity index (χ0n) is 20.0. The predicted octanol–water partition coefficient (Wildman–Crippen LogP) is 4.61. The lowest BCUT2D eigenvalue weighted by molar-refractivity contribution is -0.154. The van der Waals surface area contributed by atoms with Gasteiger partial charge in [-0.2, -0.15) is 10.1 Å². The van der Waals surface area contributed by atoms with Gasteiger partial charge in [0.15, 0.2) is 11.4 Å². The van der Waals surface area contributed by atoms with Crippen LogP contribution in [0.5, 0.6) is 0 Å². The maximum atomic E-state index is 13.5. The van der Waals surface area contributed by atoms with Gasteiger partial charge in [0.1, 0.15) is 0 Å². The summed E-state index contributed by atoms with van der Waals surface area (Å²) in [5.41, 5.74) is -0.982. The molecule has 2 aliphatic rings.